The van der Waals surface area contributed by atoms with Crippen LogP contribution in [0.5, 0.6) is 0 Å². The van der Waals surface area contributed by atoms with Crippen LogP contribution in [0.4, 0.5) is 11.5 Å². The smallest absolute Gasteiger partial charge is 0.149 e. The highest BCUT2D eigenvalue weighted by molar-refractivity contribution is 5.63. The Balaban J connectivity index is 1.91. The molecule has 0 radical (unpaired) electrons. The molecule has 2 rings (SSSR count). The van der Waals surface area contributed by atoms with Crippen LogP contribution in [-0.4, -0.2) is 48.8 Å². The molecule has 2 heterocycles. The molecule has 3 N–H and O–H groups in total. The fraction of sp³-hybridized carbons (Fsp3) is 0.538. The Hall–Kier alpha value is -1.84. The zero-order valence-electron chi connectivity index (χ0n) is 11.1. The van der Waals surface area contributed by atoms with Gasteiger partial charge in [-0.2, -0.15) is 5.26 Å². The van der Waals surface area contributed by atoms with Crippen molar-refractivity contribution >= 4 is 11.5 Å². The van der Waals surface area contributed by atoms with E-state index >= 15 is 0 Å². The van der Waals surface area contributed by atoms with Gasteiger partial charge in [0.25, 0.3) is 0 Å². The third-order valence-electron chi connectivity index (χ3n) is 3.07. The number of anilines is 2. The summed E-state index contributed by atoms with van der Waals surface area (Å²) in [6.45, 7) is 6.53. The van der Waals surface area contributed by atoms with E-state index < -0.39 is 0 Å². The molecule has 1 unspecified atom stereocenters. The number of rotatable bonds is 4. The quantitative estimate of drug-likeness (QED) is 0.828. The minimum atomic E-state index is 0.237. The summed E-state index contributed by atoms with van der Waals surface area (Å²) in [4.78, 5) is 6.53. The second-order valence-corrected chi connectivity index (χ2v) is 4.73. The molecule has 0 saturated carbocycles. The van der Waals surface area contributed by atoms with Gasteiger partial charge in [-0.15, -0.1) is 0 Å². The van der Waals surface area contributed by atoms with E-state index in [0.717, 1.165) is 32.8 Å². The molecule has 0 amide bonds. The zero-order chi connectivity index (χ0) is 13.7. The standard InChI is InChI=1S/C13H19N5O/c1-10(9-18-2-4-19-5-3-18)17-13-12(15)6-11(7-14)8-16-13/h6,8,10H,2-5,9,15H2,1H3,(H,16,17). The highest BCUT2D eigenvalue weighted by atomic mass is 16.5. The third-order valence-corrected chi connectivity index (χ3v) is 3.07. The van der Waals surface area contributed by atoms with Gasteiger partial charge >= 0.3 is 0 Å². The molecule has 0 bridgehead atoms. The topological polar surface area (TPSA) is 87.2 Å². The number of morpholine rings is 1. The lowest BCUT2D eigenvalue weighted by atomic mass is 10.2. The molecular weight excluding hydrogens is 242 g/mol. The first-order valence-corrected chi connectivity index (χ1v) is 6.41. The largest absolute Gasteiger partial charge is 0.396 e. The van der Waals surface area contributed by atoms with Crippen LogP contribution in [0.3, 0.4) is 0 Å². The molecule has 1 aromatic rings. The monoisotopic (exact) mass is 261 g/mol. The van der Waals surface area contributed by atoms with E-state index in [0.29, 0.717) is 17.1 Å². The average molecular weight is 261 g/mol. The van der Waals surface area contributed by atoms with Crippen LogP contribution >= 0.6 is 0 Å². The maximum Gasteiger partial charge on any atom is 0.149 e. The summed E-state index contributed by atoms with van der Waals surface area (Å²) in [5.74, 6) is 0.639. The molecule has 1 fully saturated rings. The van der Waals surface area contributed by atoms with E-state index in [2.05, 4.69) is 22.1 Å². The predicted octanol–water partition coefficient (Wildman–Crippen LogP) is 0.668. The van der Waals surface area contributed by atoms with E-state index in [1.807, 2.05) is 6.07 Å². The number of hydrogen-bond donors (Lipinski definition) is 2. The first-order chi connectivity index (χ1) is 9.19. The Morgan fingerprint density at radius 1 is 1.58 bits per heavy atom. The summed E-state index contributed by atoms with van der Waals surface area (Å²) in [5, 5.41) is 12.0. The summed E-state index contributed by atoms with van der Waals surface area (Å²) >= 11 is 0. The van der Waals surface area contributed by atoms with Gasteiger partial charge < -0.3 is 15.8 Å². The van der Waals surface area contributed by atoms with Crippen LogP contribution in [0, 0.1) is 11.3 Å². The lowest BCUT2D eigenvalue weighted by Crippen LogP contribution is -2.42. The van der Waals surface area contributed by atoms with Crippen LogP contribution in [0.15, 0.2) is 12.3 Å². The van der Waals surface area contributed by atoms with E-state index in [1.54, 1.807) is 6.07 Å². The fourth-order valence-electron chi connectivity index (χ4n) is 2.11. The summed E-state index contributed by atoms with van der Waals surface area (Å²) in [6, 6.07) is 3.89. The molecule has 6 nitrogen and oxygen atoms in total. The highest BCUT2D eigenvalue weighted by Gasteiger charge is 2.14. The number of nitriles is 1. The summed E-state index contributed by atoms with van der Waals surface area (Å²) < 4.78 is 5.32. The predicted molar refractivity (Wildman–Crippen MR) is 73.7 cm³/mol. The SMILES string of the molecule is CC(CN1CCOCC1)Nc1ncc(C#N)cc1N. The second kappa shape index (κ2) is 6.36. The molecular formula is C13H19N5O. The summed E-state index contributed by atoms with van der Waals surface area (Å²) in [6.07, 6.45) is 1.53. The first kappa shape index (κ1) is 13.6. The minimum Gasteiger partial charge on any atom is -0.396 e. The van der Waals surface area contributed by atoms with Gasteiger partial charge in [0.15, 0.2) is 0 Å². The Morgan fingerprint density at radius 2 is 2.32 bits per heavy atom. The lowest BCUT2D eigenvalue weighted by molar-refractivity contribution is 0.0368. The number of nitrogens with zero attached hydrogens (tertiary/aromatic N) is 3. The van der Waals surface area contributed by atoms with Crippen LogP contribution < -0.4 is 11.1 Å². The molecule has 6 heteroatoms. The lowest BCUT2D eigenvalue weighted by Gasteiger charge is -2.29. The van der Waals surface area contributed by atoms with E-state index in [1.165, 1.54) is 6.20 Å². The van der Waals surface area contributed by atoms with Crippen molar-refractivity contribution in [3.8, 4) is 6.07 Å². The van der Waals surface area contributed by atoms with Crippen molar-refractivity contribution in [3.05, 3.63) is 17.8 Å². The Labute approximate surface area is 113 Å². The van der Waals surface area contributed by atoms with Crippen LogP contribution in [0.1, 0.15) is 12.5 Å². The average Bonchev–Trinajstić information content (AvgIpc) is 2.42. The third kappa shape index (κ3) is 3.81. The molecule has 1 aliphatic rings. The minimum absolute atomic E-state index is 0.237. The van der Waals surface area contributed by atoms with Crippen LogP contribution in [0.2, 0.25) is 0 Å². The summed E-state index contributed by atoms with van der Waals surface area (Å²) in [7, 11) is 0. The molecule has 19 heavy (non-hydrogen) atoms. The maximum atomic E-state index is 8.77. The van der Waals surface area contributed by atoms with Crippen molar-refractivity contribution in [1.82, 2.24) is 9.88 Å². The molecule has 102 valence electrons. The maximum absolute atomic E-state index is 8.77. The van der Waals surface area contributed by atoms with E-state index in [9.17, 15) is 0 Å². The van der Waals surface area contributed by atoms with Crippen molar-refractivity contribution in [2.75, 3.05) is 43.9 Å². The van der Waals surface area contributed by atoms with Gasteiger partial charge in [0.1, 0.15) is 11.9 Å². The second-order valence-electron chi connectivity index (χ2n) is 4.73. The molecule has 1 saturated heterocycles. The van der Waals surface area contributed by atoms with Crippen molar-refractivity contribution in [1.29, 1.82) is 5.26 Å². The molecule has 1 aliphatic heterocycles. The van der Waals surface area contributed by atoms with Crippen LogP contribution in [-0.2, 0) is 4.74 Å². The Kier molecular flexibility index (Phi) is 4.55. The fourth-order valence-corrected chi connectivity index (χ4v) is 2.11. The molecule has 1 aromatic heterocycles. The van der Waals surface area contributed by atoms with E-state index in [-0.39, 0.29) is 6.04 Å². The number of nitrogen functional groups attached to an aromatic ring is 1. The van der Waals surface area contributed by atoms with Gasteiger partial charge in [0.2, 0.25) is 0 Å². The van der Waals surface area contributed by atoms with E-state index in [4.69, 9.17) is 15.7 Å². The van der Waals surface area contributed by atoms with Gasteiger partial charge in [-0.3, -0.25) is 4.90 Å². The number of nitrogens with one attached hydrogen (secondary N) is 1. The number of pyridine rings is 1. The Bertz CT molecular complexity index is 465. The van der Waals surface area contributed by atoms with Crippen molar-refractivity contribution < 1.29 is 4.74 Å². The Morgan fingerprint density at radius 3 is 2.95 bits per heavy atom. The van der Waals surface area contributed by atoms with Crippen molar-refractivity contribution in [3.63, 3.8) is 0 Å². The van der Waals surface area contributed by atoms with Gasteiger partial charge in [-0.05, 0) is 13.0 Å². The molecule has 0 aromatic carbocycles. The molecule has 0 aliphatic carbocycles. The first-order valence-electron chi connectivity index (χ1n) is 6.41. The van der Waals surface area contributed by atoms with Crippen LogP contribution in [0.25, 0.3) is 0 Å². The van der Waals surface area contributed by atoms with Gasteiger partial charge in [-0.25, -0.2) is 4.98 Å². The highest BCUT2D eigenvalue weighted by Crippen LogP contribution is 2.17. The number of nitrogens with two attached hydrogens (primary N) is 1. The van der Waals surface area contributed by atoms with Gasteiger partial charge in [0, 0.05) is 31.9 Å². The number of ether oxygens (including phenoxy) is 1. The number of hydrogen-bond acceptors (Lipinski definition) is 6. The van der Waals surface area contributed by atoms with Gasteiger partial charge in [-0.1, -0.05) is 0 Å². The van der Waals surface area contributed by atoms with Crippen molar-refractivity contribution in [2.45, 2.75) is 13.0 Å². The summed E-state index contributed by atoms with van der Waals surface area (Å²) in [5.41, 5.74) is 6.85. The molecule has 1 atom stereocenters. The zero-order valence-corrected chi connectivity index (χ0v) is 11.1. The normalized spacial score (nSPS) is 17.7. The number of aromatic nitrogens is 1. The molecule has 0 spiro atoms. The van der Waals surface area contributed by atoms with Gasteiger partial charge in [0.05, 0.1) is 24.5 Å². The van der Waals surface area contributed by atoms with Crippen molar-refractivity contribution in [2.24, 2.45) is 0 Å².